The van der Waals surface area contributed by atoms with Crippen LogP contribution >= 0.6 is 0 Å². The fraction of sp³-hybridized carbons (Fsp3) is 0.786. The van der Waals surface area contributed by atoms with E-state index in [0.29, 0.717) is 6.42 Å². The van der Waals surface area contributed by atoms with Gasteiger partial charge in [0.25, 0.3) is 0 Å². The van der Waals surface area contributed by atoms with Crippen LogP contribution in [0, 0.1) is 0 Å². The molecule has 0 aromatic carbocycles. The first-order chi connectivity index (χ1) is 8.20. The minimum Gasteiger partial charge on any atom is -0.460 e. The molecule has 0 amide bonds. The molecule has 3 heteroatoms. The SMILES string of the molecule is C=CC(=O)OCC(O)CCCCCCCCC. The van der Waals surface area contributed by atoms with Crippen molar-refractivity contribution < 1.29 is 14.6 Å². The average molecular weight is 242 g/mol. The summed E-state index contributed by atoms with van der Waals surface area (Å²) in [6.07, 6.45) is 9.86. The lowest BCUT2D eigenvalue weighted by atomic mass is 10.1. The van der Waals surface area contributed by atoms with Gasteiger partial charge in [0.15, 0.2) is 0 Å². The maximum Gasteiger partial charge on any atom is 0.330 e. The monoisotopic (exact) mass is 242 g/mol. The Morgan fingerprint density at radius 3 is 2.41 bits per heavy atom. The molecule has 0 bridgehead atoms. The first kappa shape index (κ1) is 16.2. The quantitative estimate of drug-likeness (QED) is 0.344. The lowest BCUT2D eigenvalue weighted by Gasteiger charge is -2.10. The number of carbonyl (C=O) groups is 1. The Morgan fingerprint density at radius 1 is 1.24 bits per heavy atom. The van der Waals surface area contributed by atoms with Gasteiger partial charge >= 0.3 is 5.97 Å². The second kappa shape index (κ2) is 11.6. The zero-order chi connectivity index (χ0) is 12.9. The standard InChI is InChI=1S/C14H26O3/c1-3-5-6-7-8-9-10-11-13(15)12-17-14(16)4-2/h4,13,15H,2-3,5-12H2,1H3. The van der Waals surface area contributed by atoms with E-state index in [1.54, 1.807) is 0 Å². The van der Waals surface area contributed by atoms with Crippen LogP contribution in [0.1, 0.15) is 58.3 Å². The molecule has 0 aliphatic carbocycles. The van der Waals surface area contributed by atoms with Gasteiger partial charge in [0.1, 0.15) is 6.61 Å². The highest BCUT2D eigenvalue weighted by Crippen LogP contribution is 2.09. The Hall–Kier alpha value is -0.830. The topological polar surface area (TPSA) is 46.5 Å². The van der Waals surface area contributed by atoms with Crippen molar-refractivity contribution in [1.29, 1.82) is 0 Å². The molecule has 0 aliphatic heterocycles. The molecule has 100 valence electrons. The van der Waals surface area contributed by atoms with E-state index in [4.69, 9.17) is 4.74 Å². The van der Waals surface area contributed by atoms with Crippen molar-refractivity contribution in [2.45, 2.75) is 64.4 Å². The third-order valence-corrected chi connectivity index (χ3v) is 2.73. The van der Waals surface area contributed by atoms with Crippen LogP contribution in [0.4, 0.5) is 0 Å². The van der Waals surface area contributed by atoms with Crippen LogP contribution < -0.4 is 0 Å². The lowest BCUT2D eigenvalue weighted by Crippen LogP contribution is -2.17. The van der Waals surface area contributed by atoms with Gasteiger partial charge < -0.3 is 9.84 Å². The minimum absolute atomic E-state index is 0.0840. The smallest absolute Gasteiger partial charge is 0.330 e. The Balaban J connectivity index is 3.24. The Labute approximate surface area is 105 Å². The van der Waals surface area contributed by atoms with Gasteiger partial charge in [0, 0.05) is 6.08 Å². The van der Waals surface area contributed by atoms with Gasteiger partial charge in [-0.25, -0.2) is 4.79 Å². The minimum atomic E-state index is -0.533. The van der Waals surface area contributed by atoms with Gasteiger partial charge in [-0.15, -0.1) is 0 Å². The summed E-state index contributed by atoms with van der Waals surface area (Å²) in [5.74, 6) is -0.469. The summed E-state index contributed by atoms with van der Waals surface area (Å²) in [4.78, 5) is 10.7. The largest absolute Gasteiger partial charge is 0.460 e. The molecule has 1 N–H and O–H groups in total. The Kier molecular flexibility index (Phi) is 11.1. The third-order valence-electron chi connectivity index (χ3n) is 2.73. The van der Waals surface area contributed by atoms with Crippen LogP contribution in [0.25, 0.3) is 0 Å². The molecule has 17 heavy (non-hydrogen) atoms. The molecular weight excluding hydrogens is 216 g/mol. The van der Waals surface area contributed by atoms with Crippen LogP contribution in [0.3, 0.4) is 0 Å². The molecule has 0 aliphatic rings. The number of aliphatic hydroxyl groups excluding tert-OH is 1. The van der Waals surface area contributed by atoms with Gasteiger partial charge in [0.2, 0.25) is 0 Å². The summed E-state index contributed by atoms with van der Waals surface area (Å²) in [5.41, 5.74) is 0. The van der Waals surface area contributed by atoms with E-state index in [1.807, 2.05) is 0 Å². The van der Waals surface area contributed by atoms with E-state index >= 15 is 0 Å². The normalized spacial score (nSPS) is 12.1. The number of unbranched alkanes of at least 4 members (excludes halogenated alkanes) is 6. The molecule has 0 spiro atoms. The highest BCUT2D eigenvalue weighted by molar-refractivity contribution is 5.81. The zero-order valence-electron chi connectivity index (χ0n) is 11.0. The summed E-state index contributed by atoms with van der Waals surface area (Å²) in [6, 6.07) is 0. The molecule has 0 radical (unpaired) electrons. The van der Waals surface area contributed by atoms with Crippen LogP contribution in [0.5, 0.6) is 0 Å². The predicted octanol–water partition coefficient (Wildman–Crippen LogP) is 3.22. The first-order valence-corrected chi connectivity index (χ1v) is 6.68. The van der Waals surface area contributed by atoms with Crippen molar-refractivity contribution in [2.24, 2.45) is 0 Å². The van der Waals surface area contributed by atoms with Gasteiger partial charge in [-0.1, -0.05) is 58.4 Å². The Morgan fingerprint density at radius 2 is 1.82 bits per heavy atom. The number of hydrogen-bond donors (Lipinski definition) is 1. The molecule has 0 heterocycles. The van der Waals surface area contributed by atoms with Crippen molar-refractivity contribution in [2.75, 3.05) is 6.61 Å². The van der Waals surface area contributed by atoms with E-state index in [0.717, 1.165) is 18.9 Å². The van der Waals surface area contributed by atoms with Crippen molar-refractivity contribution in [3.05, 3.63) is 12.7 Å². The van der Waals surface area contributed by atoms with Crippen molar-refractivity contribution in [1.82, 2.24) is 0 Å². The van der Waals surface area contributed by atoms with Gasteiger partial charge in [-0.2, -0.15) is 0 Å². The van der Waals surface area contributed by atoms with Crippen LogP contribution in [0.15, 0.2) is 12.7 Å². The fourth-order valence-corrected chi connectivity index (χ4v) is 1.66. The first-order valence-electron chi connectivity index (χ1n) is 6.68. The average Bonchev–Trinajstić information content (AvgIpc) is 2.34. The molecule has 1 atom stereocenters. The van der Waals surface area contributed by atoms with E-state index in [1.165, 1.54) is 32.1 Å². The molecule has 3 nitrogen and oxygen atoms in total. The van der Waals surface area contributed by atoms with Crippen LogP contribution in [-0.4, -0.2) is 23.8 Å². The molecule has 0 saturated carbocycles. The zero-order valence-corrected chi connectivity index (χ0v) is 11.0. The molecular formula is C14H26O3. The second-order valence-electron chi connectivity index (χ2n) is 4.40. The number of ether oxygens (including phenoxy) is 1. The molecule has 0 rings (SSSR count). The van der Waals surface area contributed by atoms with Crippen LogP contribution in [0.2, 0.25) is 0 Å². The molecule has 0 aromatic heterocycles. The molecule has 0 fully saturated rings. The summed E-state index contributed by atoms with van der Waals surface area (Å²) in [6.45, 7) is 5.59. The van der Waals surface area contributed by atoms with Crippen LogP contribution in [-0.2, 0) is 9.53 Å². The molecule has 0 saturated heterocycles. The number of carbonyl (C=O) groups excluding carboxylic acids is 1. The summed E-state index contributed by atoms with van der Waals surface area (Å²) < 4.78 is 4.76. The van der Waals surface area contributed by atoms with E-state index in [9.17, 15) is 9.90 Å². The maximum atomic E-state index is 10.7. The van der Waals surface area contributed by atoms with Crippen molar-refractivity contribution in [3.8, 4) is 0 Å². The third kappa shape index (κ3) is 11.4. The van der Waals surface area contributed by atoms with Crippen molar-refractivity contribution in [3.63, 3.8) is 0 Å². The predicted molar refractivity (Wildman–Crippen MR) is 69.8 cm³/mol. The van der Waals surface area contributed by atoms with Gasteiger partial charge in [-0.3, -0.25) is 0 Å². The molecule has 1 unspecified atom stereocenters. The van der Waals surface area contributed by atoms with Gasteiger partial charge in [-0.05, 0) is 6.42 Å². The summed E-state index contributed by atoms with van der Waals surface area (Å²) in [7, 11) is 0. The number of aliphatic hydroxyl groups is 1. The lowest BCUT2D eigenvalue weighted by molar-refractivity contribution is -0.140. The number of hydrogen-bond acceptors (Lipinski definition) is 3. The summed E-state index contributed by atoms with van der Waals surface area (Å²) >= 11 is 0. The molecule has 0 aromatic rings. The highest BCUT2D eigenvalue weighted by atomic mass is 16.5. The van der Waals surface area contributed by atoms with E-state index in [2.05, 4.69) is 13.5 Å². The maximum absolute atomic E-state index is 10.7. The van der Waals surface area contributed by atoms with E-state index < -0.39 is 12.1 Å². The number of rotatable bonds is 11. The van der Waals surface area contributed by atoms with Crippen molar-refractivity contribution >= 4 is 5.97 Å². The van der Waals surface area contributed by atoms with E-state index in [-0.39, 0.29) is 6.61 Å². The summed E-state index contributed by atoms with van der Waals surface area (Å²) in [5, 5.41) is 9.52. The van der Waals surface area contributed by atoms with Gasteiger partial charge in [0.05, 0.1) is 6.10 Å². The fourth-order valence-electron chi connectivity index (χ4n) is 1.66. The number of esters is 1. The highest BCUT2D eigenvalue weighted by Gasteiger charge is 2.06. The second-order valence-corrected chi connectivity index (χ2v) is 4.40. The Bertz CT molecular complexity index is 202.